The Kier molecular flexibility index (Phi) is 3.76. The average Bonchev–Trinajstić information content (AvgIpc) is 2.29. The number of aromatic amines is 1. The highest BCUT2D eigenvalue weighted by molar-refractivity contribution is 6.34. The predicted molar refractivity (Wildman–Crippen MR) is 74.8 cm³/mol. The van der Waals surface area contributed by atoms with Crippen LogP contribution in [0.2, 0.25) is 5.02 Å². The molecule has 1 amide bonds. The van der Waals surface area contributed by atoms with Crippen LogP contribution in [0.15, 0.2) is 29.2 Å². The number of pyridine rings is 1. The van der Waals surface area contributed by atoms with Gasteiger partial charge in [0.1, 0.15) is 0 Å². The molecule has 5 nitrogen and oxygen atoms in total. The Morgan fingerprint density at radius 1 is 1.32 bits per heavy atom. The third-order valence-corrected chi connectivity index (χ3v) is 2.72. The van der Waals surface area contributed by atoms with Crippen molar-refractivity contribution in [1.29, 1.82) is 0 Å². The van der Waals surface area contributed by atoms with Crippen LogP contribution in [0.3, 0.4) is 0 Å². The van der Waals surface area contributed by atoms with Gasteiger partial charge in [0.25, 0.3) is 0 Å². The number of aromatic nitrogens is 1. The molecular weight excluding hydrogens is 268 g/mol. The number of ether oxygens (including phenoxy) is 1. The van der Waals surface area contributed by atoms with E-state index in [0.29, 0.717) is 16.1 Å². The predicted octanol–water partition coefficient (Wildman–Crippen LogP) is 3.14. The first-order valence-electron chi connectivity index (χ1n) is 5.75. The lowest BCUT2D eigenvalue weighted by atomic mass is 10.1. The minimum Gasteiger partial charge on any atom is -0.447 e. The van der Waals surface area contributed by atoms with Crippen molar-refractivity contribution in [2.24, 2.45) is 0 Å². The molecule has 0 aliphatic heterocycles. The fourth-order valence-electron chi connectivity index (χ4n) is 1.64. The molecule has 0 aliphatic rings. The van der Waals surface area contributed by atoms with Crippen molar-refractivity contribution in [1.82, 2.24) is 4.98 Å². The van der Waals surface area contributed by atoms with Gasteiger partial charge in [-0.25, -0.2) is 4.79 Å². The second kappa shape index (κ2) is 5.32. The van der Waals surface area contributed by atoms with Crippen molar-refractivity contribution < 1.29 is 9.53 Å². The summed E-state index contributed by atoms with van der Waals surface area (Å²) in [5, 5.41) is 4.40. The number of hydrogen-bond donors (Lipinski definition) is 2. The van der Waals surface area contributed by atoms with E-state index in [1.54, 1.807) is 32.2 Å². The van der Waals surface area contributed by atoms with E-state index in [-0.39, 0.29) is 11.7 Å². The zero-order chi connectivity index (χ0) is 14.0. The van der Waals surface area contributed by atoms with E-state index in [0.717, 1.165) is 5.39 Å². The zero-order valence-corrected chi connectivity index (χ0v) is 11.2. The van der Waals surface area contributed by atoms with Gasteiger partial charge in [-0.05, 0) is 36.8 Å². The molecule has 1 aromatic heterocycles. The van der Waals surface area contributed by atoms with Crippen LogP contribution in [0.1, 0.15) is 13.8 Å². The molecule has 2 N–H and O–H groups in total. The molecule has 19 heavy (non-hydrogen) atoms. The Labute approximate surface area is 114 Å². The normalized spacial score (nSPS) is 10.7. The minimum absolute atomic E-state index is 0.217. The van der Waals surface area contributed by atoms with Crippen LogP contribution in [0.25, 0.3) is 10.8 Å². The number of halogens is 1. The van der Waals surface area contributed by atoms with Gasteiger partial charge in [-0.1, -0.05) is 11.6 Å². The zero-order valence-electron chi connectivity index (χ0n) is 10.5. The van der Waals surface area contributed by atoms with E-state index in [1.165, 1.54) is 6.07 Å². The first kappa shape index (κ1) is 13.4. The Morgan fingerprint density at radius 2 is 2.05 bits per heavy atom. The molecule has 0 saturated heterocycles. The third kappa shape index (κ3) is 3.26. The second-order valence-electron chi connectivity index (χ2n) is 4.34. The first-order chi connectivity index (χ1) is 8.95. The minimum atomic E-state index is -0.582. The van der Waals surface area contributed by atoms with Gasteiger partial charge in [0, 0.05) is 12.3 Å². The van der Waals surface area contributed by atoms with Crippen LogP contribution in [0.4, 0.5) is 10.5 Å². The molecule has 6 heteroatoms. The molecule has 2 rings (SSSR count). The van der Waals surface area contributed by atoms with Crippen LogP contribution >= 0.6 is 11.6 Å². The number of hydrogen-bond acceptors (Lipinski definition) is 3. The van der Waals surface area contributed by atoms with Gasteiger partial charge in [-0.15, -0.1) is 0 Å². The van der Waals surface area contributed by atoms with E-state index in [1.807, 2.05) is 0 Å². The summed E-state index contributed by atoms with van der Waals surface area (Å²) < 4.78 is 4.97. The van der Waals surface area contributed by atoms with Crippen molar-refractivity contribution in [2.75, 3.05) is 5.32 Å². The number of fused-ring (bicyclic) bond motifs is 1. The van der Waals surface area contributed by atoms with Crippen molar-refractivity contribution >= 4 is 34.2 Å². The molecule has 0 aliphatic carbocycles. The Hall–Kier alpha value is -2.01. The van der Waals surface area contributed by atoms with Crippen LogP contribution in [0.5, 0.6) is 0 Å². The Bertz CT molecular complexity index is 679. The molecular formula is C13H13ClN2O3. The van der Waals surface area contributed by atoms with Gasteiger partial charge in [0.2, 0.25) is 5.56 Å². The van der Waals surface area contributed by atoms with Crippen molar-refractivity contribution in [3.05, 3.63) is 39.8 Å². The molecule has 0 saturated carbocycles. The lowest BCUT2D eigenvalue weighted by Crippen LogP contribution is -2.18. The number of nitrogens with one attached hydrogen (secondary N) is 2. The summed E-state index contributed by atoms with van der Waals surface area (Å²) in [6, 6.07) is 4.73. The maximum atomic E-state index is 11.5. The monoisotopic (exact) mass is 280 g/mol. The maximum absolute atomic E-state index is 11.5. The molecule has 0 radical (unpaired) electrons. The number of anilines is 1. The largest absolute Gasteiger partial charge is 0.447 e. The summed E-state index contributed by atoms with van der Waals surface area (Å²) in [5.41, 5.74) is 0.191. The molecule has 0 atom stereocenters. The van der Waals surface area contributed by atoms with E-state index in [2.05, 4.69) is 10.3 Å². The van der Waals surface area contributed by atoms with Crippen LogP contribution < -0.4 is 10.9 Å². The summed E-state index contributed by atoms with van der Waals surface area (Å²) in [7, 11) is 0. The molecule has 2 aromatic rings. The summed E-state index contributed by atoms with van der Waals surface area (Å²) in [6.07, 6.45) is 0.767. The maximum Gasteiger partial charge on any atom is 0.411 e. The van der Waals surface area contributed by atoms with Crippen molar-refractivity contribution in [2.45, 2.75) is 20.0 Å². The molecule has 0 spiro atoms. The number of carbonyl (C=O) groups excluding carboxylic acids is 1. The van der Waals surface area contributed by atoms with Gasteiger partial charge in [0.15, 0.2) is 0 Å². The third-order valence-electron chi connectivity index (χ3n) is 2.41. The quantitative estimate of drug-likeness (QED) is 0.888. The van der Waals surface area contributed by atoms with Crippen molar-refractivity contribution in [3.63, 3.8) is 0 Å². The molecule has 100 valence electrons. The molecule has 0 bridgehead atoms. The van der Waals surface area contributed by atoms with Crippen LogP contribution in [-0.4, -0.2) is 17.2 Å². The number of amides is 1. The standard InChI is InChI=1S/C13H13ClN2O3/c1-7(2)19-13(18)16-11-4-8-5-12(17)15-6-9(8)3-10(11)14/h3-7H,1-2H3,(H,15,17)(H,16,18). The Morgan fingerprint density at radius 3 is 2.74 bits per heavy atom. The van der Waals surface area contributed by atoms with E-state index in [9.17, 15) is 9.59 Å². The van der Waals surface area contributed by atoms with Gasteiger partial charge in [-0.2, -0.15) is 0 Å². The highest BCUT2D eigenvalue weighted by Gasteiger charge is 2.09. The Balaban J connectivity index is 2.35. The number of rotatable bonds is 2. The highest BCUT2D eigenvalue weighted by Crippen LogP contribution is 2.27. The van der Waals surface area contributed by atoms with Crippen LogP contribution in [0, 0.1) is 0 Å². The summed E-state index contributed by atoms with van der Waals surface area (Å²) >= 11 is 6.06. The van der Waals surface area contributed by atoms with Gasteiger partial charge in [0.05, 0.1) is 16.8 Å². The highest BCUT2D eigenvalue weighted by atomic mass is 35.5. The first-order valence-corrected chi connectivity index (χ1v) is 6.13. The number of H-pyrrole nitrogens is 1. The van der Waals surface area contributed by atoms with E-state index >= 15 is 0 Å². The average molecular weight is 281 g/mol. The van der Waals surface area contributed by atoms with Crippen LogP contribution in [-0.2, 0) is 4.74 Å². The second-order valence-corrected chi connectivity index (χ2v) is 4.74. The SMILES string of the molecule is CC(C)OC(=O)Nc1cc2cc(=O)[nH]cc2cc1Cl. The smallest absolute Gasteiger partial charge is 0.411 e. The lowest BCUT2D eigenvalue weighted by Gasteiger charge is -2.11. The van der Waals surface area contributed by atoms with Crippen molar-refractivity contribution in [3.8, 4) is 0 Å². The van der Waals surface area contributed by atoms with E-state index in [4.69, 9.17) is 16.3 Å². The molecule has 0 unspecified atom stereocenters. The fraction of sp³-hybridized carbons (Fsp3) is 0.231. The van der Waals surface area contributed by atoms with Gasteiger partial charge >= 0.3 is 6.09 Å². The fourth-order valence-corrected chi connectivity index (χ4v) is 1.86. The van der Waals surface area contributed by atoms with Gasteiger partial charge in [-0.3, -0.25) is 10.1 Å². The summed E-state index contributed by atoms with van der Waals surface area (Å²) in [6.45, 7) is 3.50. The number of carbonyl (C=O) groups is 1. The molecule has 1 heterocycles. The number of benzene rings is 1. The molecule has 0 fully saturated rings. The topological polar surface area (TPSA) is 71.2 Å². The lowest BCUT2D eigenvalue weighted by molar-refractivity contribution is 0.130. The summed E-state index contributed by atoms with van der Waals surface area (Å²) in [5.74, 6) is 0. The summed E-state index contributed by atoms with van der Waals surface area (Å²) in [4.78, 5) is 25.3. The van der Waals surface area contributed by atoms with Gasteiger partial charge < -0.3 is 9.72 Å². The van der Waals surface area contributed by atoms with E-state index < -0.39 is 6.09 Å². The molecule has 1 aromatic carbocycles.